The molecule has 1 aromatic rings. The quantitative estimate of drug-likeness (QED) is 0.826. The minimum Gasteiger partial charge on any atom is -0.270 e. The average molecular weight is 237 g/mol. The summed E-state index contributed by atoms with van der Waals surface area (Å²) < 4.78 is 23.7. The van der Waals surface area contributed by atoms with Crippen LogP contribution in [0.1, 0.15) is 18.1 Å². The van der Waals surface area contributed by atoms with Crippen LogP contribution in [0.3, 0.4) is 0 Å². The first-order valence-electron chi connectivity index (χ1n) is 4.43. The fourth-order valence-electron chi connectivity index (χ4n) is 1.19. The molecule has 16 heavy (non-hydrogen) atoms. The van der Waals surface area contributed by atoms with E-state index in [4.69, 9.17) is 10.4 Å². The molecule has 0 aliphatic rings. The van der Waals surface area contributed by atoms with Crippen molar-refractivity contribution in [3.63, 3.8) is 0 Å². The minimum absolute atomic E-state index is 0.179. The Morgan fingerprint density at radius 2 is 2.19 bits per heavy atom. The Morgan fingerprint density at radius 1 is 1.50 bits per heavy atom. The van der Waals surface area contributed by atoms with Gasteiger partial charge < -0.3 is 0 Å². The van der Waals surface area contributed by atoms with Gasteiger partial charge in [0.15, 0.2) is 0 Å². The van der Waals surface area contributed by atoms with E-state index in [1.807, 2.05) is 25.1 Å². The molecule has 0 aromatic heterocycles. The van der Waals surface area contributed by atoms with Crippen LogP contribution in [0.25, 0.3) is 6.08 Å². The molecule has 0 atom stereocenters. The molecule has 0 fully saturated rings. The fourth-order valence-corrected chi connectivity index (χ4v) is 1.68. The first-order chi connectivity index (χ1) is 7.46. The lowest BCUT2D eigenvalue weighted by molar-refractivity contribution is 0.603. The maximum Gasteiger partial charge on any atom is 0.296 e. The van der Waals surface area contributed by atoms with Crippen molar-refractivity contribution in [2.45, 2.75) is 6.92 Å². The van der Waals surface area contributed by atoms with E-state index < -0.39 is 10.2 Å². The number of anilines is 1. The SMILES string of the molecule is CC=Cc1ccc(NS(N)(=O)=O)c(C#N)c1. The highest BCUT2D eigenvalue weighted by atomic mass is 32.2. The number of allylic oxidation sites excluding steroid dienone is 1. The van der Waals surface area contributed by atoms with Gasteiger partial charge in [0, 0.05) is 0 Å². The van der Waals surface area contributed by atoms with Crippen molar-refractivity contribution in [3.8, 4) is 6.07 Å². The van der Waals surface area contributed by atoms with Crippen molar-refractivity contribution >= 4 is 22.0 Å². The molecule has 0 amide bonds. The second-order valence-electron chi connectivity index (χ2n) is 3.06. The lowest BCUT2D eigenvalue weighted by Crippen LogP contribution is -2.22. The third-order valence-electron chi connectivity index (χ3n) is 1.78. The summed E-state index contributed by atoms with van der Waals surface area (Å²) in [6.45, 7) is 1.85. The molecule has 0 bridgehead atoms. The Morgan fingerprint density at radius 3 is 2.69 bits per heavy atom. The topological polar surface area (TPSA) is 96.0 Å². The average Bonchev–Trinajstić information content (AvgIpc) is 2.18. The normalized spacial score (nSPS) is 11.3. The third-order valence-corrected chi connectivity index (χ3v) is 2.28. The molecule has 3 N–H and O–H groups in total. The molecule has 0 unspecified atom stereocenters. The van der Waals surface area contributed by atoms with Crippen LogP contribution in [0.5, 0.6) is 0 Å². The van der Waals surface area contributed by atoms with Gasteiger partial charge in [-0.15, -0.1) is 0 Å². The number of hydrogen-bond acceptors (Lipinski definition) is 3. The highest BCUT2D eigenvalue weighted by Crippen LogP contribution is 2.18. The van der Waals surface area contributed by atoms with Gasteiger partial charge in [0.2, 0.25) is 0 Å². The summed E-state index contributed by atoms with van der Waals surface area (Å²) >= 11 is 0. The highest BCUT2D eigenvalue weighted by molar-refractivity contribution is 7.90. The van der Waals surface area contributed by atoms with Crippen molar-refractivity contribution < 1.29 is 8.42 Å². The van der Waals surface area contributed by atoms with Gasteiger partial charge in [-0.2, -0.15) is 13.7 Å². The van der Waals surface area contributed by atoms with Crippen molar-refractivity contribution in [2.75, 3.05) is 4.72 Å². The van der Waals surface area contributed by atoms with E-state index in [0.29, 0.717) is 0 Å². The lowest BCUT2D eigenvalue weighted by atomic mass is 10.1. The smallest absolute Gasteiger partial charge is 0.270 e. The first-order valence-corrected chi connectivity index (χ1v) is 5.98. The summed E-state index contributed by atoms with van der Waals surface area (Å²) in [5.41, 5.74) is 1.22. The van der Waals surface area contributed by atoms with Gasteiger partial charge in [-0.05, 0) is 24.6 Å². The van der Waals surface area contributed by atoms with E-state index in [2.05, 4.69) is 4.72 Å². The Kier molecular flexibility index (Phi) is 3.66. The van der Waals surface area contributed by atoms with Gasteiger partial charge in [-0.25, -0.2) is 5.14 Å². The van der Waals surface area contributed by atoms with Crippen LogP contribution in [-0.4, -0.2) is 8.42 Å². The number of nitrogens with two attached hydrogens (primary N) is 1. The van der Waals surface area contributed by atoms with E-state index in [-0.39, 0.29) is 11.3 Å². The van der Waals surface area contributed by atoms with Gasteiger partial charge in [0.05, 0.1) is 11.3 Å². The standard InChI is InChI=1S/C10H11N3O2S/c1-2-3-8-4-5-10(9(6-8)7-11)13-16(12,14)15/h2-6,13H,1H3,(H2,12,14,15). The zero-order chi connectivity index (χ0) is 12.2. The molecule has 0 saturated carbocycles. The molecule has 84 valence electrons. The molecular formula is C10H11N3O2S. The molecule has 0 heterocycles. The van der Waals surface area contributed by atoms with E-state index in [0.717, 1.165) is 5.56 Å². The largest absolute Gasteiger partial charge is 0.296 e. The summed E-state index contributed by atoms with van der Waals surface area (Å²) in [7, 11) is -3.85. The predicted octanol–water partition coefficient (Wildman–Crippen LogP) is 1.21. The zero-order valence-electron chi connectivity index (χ0n) is 8.64. The summed E-state index contributed by atoms with van der Waals surface area (Å²) in [6, 6.07) is 6.66. The maximum atomic E-state index is 10.8. The van der Waals surface area contributed by atoms with Gasteiger partial charge in [-0.1, -0.05) is 18.2 Å². The molecule has 5 nitrogen and oxygen atoms in total. The zero-order valence-corrected chi connectivity index (χ0v) is 9.45. The number of benzene rings is 1. The first kappa shape index (κ1) is 12.2. The fraction of sp³-hybridized carbons (Fsp3) is 0.100. The van der Waals surface area contributed by atoms with Crippen molar-refractivity contribution in [1.29, 1.82) is 5.26 Å². The Labute approximate surface area is 94.4 Å². The van der Waals surface area contributed by atoms with E-state index in [9.17, 15) is 8.42 Å². The molecule has 0 radical (unpaired) electrons. The minimum atomic E-state index is -3.85. The number of nitriles is 1. The third kappa shape index (κ3) is 3.38. The van der Waals surface area contributed by atoms with Gasteiger partial charge in [0.25, 0.3) is 10.2 Å². The molecule has 6 heteroatoms. The molecule has 0 spiro atoms. The van der Waals surface area contributed by atoms with Crippen LogP contribution in [0.15, 0.2) is 24.3 Å². The Bertz CT molecular complexity index is 556. The Balaban J connectivity index is 3.18. The van der Waals surface area contributed by atoms with Crippen molar-refractivity contribution in [2.24, 2.45) is 5.14 Å². The van der Waals surface area contributed by atoms with Crippen molar-refractivity contribution in [3.05, 3.63) is 35.4 Å². The lowest BCUT2D eigenvalue weighted by Gasteiger charge is -2.06. The molecule has 1 aromatic carbocycles. The van der Waals surface area contributed by atoms with E-state index >= 15 is 0 Å². The number of hydrogen-bond donors (Lipinski definition) is 2. The highest BCUT2D eigenvalue weighted by Gasteiger charge is 2.07. The van der Waals surface area contributed by atoms with Crippen molar-refractivity contribution in [1.82, 2.24) is 0 Å². The second-order valence-corrected chi connectivity index (χ2v) is 4.36. The molecule has 0 aliphatic heterocycles. The van der Waals surface area contributed by atoms with Crippen LogP contribution >= 0.6 is 0 Å². The summed E-state index contributed by atoms with van der Waals surface area (Å²) in [4.78, 5) is 0. The van der Waals surface area contributed by atoms with E-state index in [1.165, 1.54) is 6.07 Å². The second kappa shape index (κ2) is 4.79. The van der Waals surface area contributed by atoms with Gasteiger partial charge in [0.1, 0.15) is 6.07 Å². The van der Waals surface area contributed by atoms with E-state index in [1.54, 1.807) is 12.1 Å². The van der Waals surface area contributed by atoms with Gasteiger partial charge in [-0.3, -0.25) is 4.72 Å². The number of rotatable bonds is 3. The summed E-state index contributed by atoms with van der Waals surface area (Å²) in [5.74, 6) is 0. The van der Waals surface area contributed by atoms with Crippen LogP contribution < -0.4 is 9.86 Å². The van der Waals surface area contributed by atoms with Crippen LogP contribution in [0.2, 0.25) is 0 Å². The number of nitrogens with zero attached hydrogens (tertiary/aromatic N) is 1. The number of nitrogens with one attached hydrogen (secondary N) is 1. The predicted molar refractivity (Wildman–Crippen MR) is 62.6 cm³/mol. The molecule has 0 aliphatic carbocycles. The van der Waals surface area contributed by atoms with Crippen LogP contribution in [0, 0.1) is 11.3 Å². The Hall–Kier alpha value is -1.84. The monoisotopic (exact) mass is 237 g/mol. The summed E-state index contributed by atoms with van der Waals surface area (Å²) in [5, 5.41) is 13.7. The summed E-state index contributed by atoms with van der Waals surface area (Å²) in [6.07, 6.45) is 3.63. The molecule has 0 saturated heterocycles. The van der Waals surface area contributed by atoms with Crippen LogP contribution in [-0.2, 0) is 10.2 Å². The van der Waals surface area contributed by atoms with Crippen LogP contribution in [0.4, 0.5) is 5.69 Å². The van der Waals surface area contributed by atoms with Gasteiger partial charge >= 0.3 is 0 Å². The molecule has 1 rings (SSSR count). The molecular weight excluding hydrogens is 226 g/mol. The maximum absolute atomic E-state index is 10.8.